The first-order valence-corrected chi connectivity index (χ1v) is 7.24. The fraction of sp³-hybridized carbons (Fsp3) is 0.0667. The van der Waals surface area contributed by atoms with Gasteiger partial charge in [0.1, 0.15) is 5.82 Å². The molecule has 0 bridgehead atoms. The van der Waals surface area contributed by atoms with Crippen molar-refractivity contribution in [3.8, 4) is 0 Å². The molecule has 1 heterocycles. The van der Waals surface area contributed by atoms with Crippen molar-refractivity contribution >= 4 is 49.9 Å². The maximum atomic E-state index is 6.03. The van der Waals surface area contributed by atoms with Crippen molar-refractivity contribution < 1.29 is 0 Å². The molecule has 5 heteroatoms. The van der Waals surface area contributed by atoms with Crippen molar-refractivity contribution in [1.29, 1.82) is 0 Å². The third kappa shape index (κ3) is 2.49. The maximum absolute atomic E-state index is 6.03. The molecule has 2 aromatic carbocycles. The van der Waals surface area contributed by atoms with Crippen LogP contribution in [0.1, 0.15) is 0 Å². The average molecular weight is 349 g/mol. The number of hydrogen-bond acceptors (Lipinski definition) is 3. The fourth-order valence-electron chi connectivity index (χ4n) is 2.09. The molecule has 0 saturated carbocycles. The van der Waals surface area contributed by atoms with Crippen LogP contribution >= 0.6 is 27.5 Å². The summed E-state index contributed by atoms with van der Waals surface area (Å²) in [6.07, 6.45) is 0. The number of halogens is 2. The van der Waals surface area contributed by atoms with Gasteiger partial charge in [0.05, 0.1) is 5.52 Å². The lowest BCUT2D eigenvalue weighted by Crippen LogP contribution is -2.12. The van der Waals surface area contributed by atoms with Crippen LogP contribution in [0.4, 0.5) is 11.5 Å². The first kappa shape index (κ1) is 13.3. The molecular formula is C15H11BrClN3. The Bertz CT molecular complexity index is 776. The largest absolute Gasteiger partial charge is 0.329 e. The second-order valence-electron chi connectivity index (χ2n) is 4.37. The zero-order valence-corrected chi connectivity index (χ0v) is 13.1. The SMILES string of the molecule is CN(c1cccc(Br)c1)c1nc(Cl)nc2ccccc12. The molecule has 0 aliphatic heterocycles. The van der Waals surface area contributed by atoms with Crippen LogP contribution in [0.25, 0.3) is 10.9 Å². The van der Waals surface area contributed by atoms with Crippen LogP contribution in [0.2, 0.25) is 5.28 Å². The summed E-state index contributed by atoms with van der Waals surface area (Å²) in [4.78, 5) is 10.6. The lowest BCUT2D eigenvalue weighted by Gasteiger charge is -2.20. The summed E-state index contributed by atoms with van der Waals surface area (Å²) < 4.78 is 1.02. The number of anilines is 2. The molecule has 0 saturated heterocycles. The molecule has 3 aromatic rings. The van der Waals surface area contributed by atoms with Crippen LogP contribution in [0, 0.1) is 0 Å². The van der Waals surface area contributed by atoms with Gasteiger partial charge in [-0.05, 0) is 41.9 Å². The molecular weight excluding hydrogens is 338 g/mol. The number of para-hydroxylation sites is 1. The van der Waals surface area contributed by atoms with Crippen molar-refractivity contribution in [1.82, 2.24) is 9.97 Å². The van der Waals surface area contributed by atoms with Crippen molar-refractivity contribution in [2.24, 2.45) is 0 Å². The van der Waals surface area contributed by atoms with E-state index in [0.717, 1.165) is 26.9 Å². The standard InChI is InChI=1S/C15H11BrClN3/c1-20(11-6-4-5-10(16)9-11)14-12-7-2-3-8-13(12)18-15(17)19-14/h2-9H,1H3. The number of fused-ring (bicyclic) bond motifs is 1. The monoisotopic (exact) mass is 347 g/mol. The smallest absolute Gasteiger partial charge is 0.224 e. The number of hydrogen-bond donors (Lipinski definition) is 0. The lowest BCUT2D eigenvalue weighted by atomic mass is 10.2. The third-order valence-electron chi connectivity index (χ3n) is 3.07. The quantitative estimate of drug-likeness (QED) is 0.622. The minimum absolute atomic E-state index is 0.251. The average Bonchev–Trinajstić information content (AvgIpc) is 2.45. The van der Waals surface area contributed by atoms with E-state index in [1.54, 1.807) is 0 Å². The van der Waals surface area contributed by atoms with Crippen molar-refractivity contribution in [2.45, 2.75) is 0 Å². The predicted octanol–water partition coefficient (Wildman–Crippen LogP) is 4.81. The summed E-state index contributed by atoms with van der Waals surface area (Å²) >= 11 is 9.51. The molecule has 1 aromatic heterocycles. The van der Waals surface area contributed by atoms with Gasteiger partial charge in [0.2, 0.25) is 5.28 Å². The van der Waals surface area contributed by atoms with Gasteiger partial charge in [-0.1, -0.05) is 34.1 Å². The first-order chi connectivity index (χ1) is 9.65. The number of aromatic nitrogens is 2. The predicted molar refractivity (Wildman–Crippen MR) is 86.8 cm³/mol. The first-order valence-electron chi connectivity index (χ1n) is 6.07. The fourth-order valence-corrected chi connectivity index (χ4v) is 2.65. The van der Waals surface area contributed by atoms with E-state index in [1.807, 2.05) is 60.5 Å². The zero-order chi connectivity index (χ0) is 14.1. The van der Waals surface area contributed by atoms with E-state index in [-0.39, 0.29) is 5.28 Å². The highest BCUT2D eigenvalue weighted by molar-refractivity contribution is 9.10. The highest BCUT2D eigenvalue weighted by atomic mass is 79.9. The maximum Gasteiger partial charge on any atom is 0.224 e. The van der Waals surface area contributed by atoms with E-state index in [0.29, 0.717) is 0 Å². The summed E-state index contributed by atoms with van der Waals surface area (Å²) in [5.41, 5.74) is 1.86. The Morgan fingerprint density at radius 3 is 2.65 bits per heavy atom. The summed E-state index contributed by atoms with van der Waals surface area (Å²) in [5, 5.41) is 1.22. The number of benzene rings is 2. The highest BCUT2D eigenvalue weighted by Crippen LogP contribution is 2.30. The molecule has 0 spiro atoms. The number of nitrogens with zero attached hydrogens (tertiary/aromatic N) is 3. The second-order valence-corrected chi connectivity index (χ2v) is 5.63. The Hall–Kier alpha value is -1.65. The van der Waals surface area contributed by atoms with Gasteiger partial charge in [0, 0.05) is 22.6 Å². The van der Waals surface area contributed by atoms with Gasteiger partial charge in [0.25, 0.3) is 0 Å². The van der Waals surface area contributed by atoms with E-state index in [4.69, 9.17) is 11.6 Å². The third-order valence-corrected chi connectivity index (χ3v) is 3.73. The molecule has 100 valence electrons. The molecule has 0 radical (unpaired) electrons. The molecule has 0 aliphatic rings. The molecule has 0 unspecified atom stereocenters. The molecule has 0 amide bonds. The van der Waals surface area contributed by atoms with Gasteiger partial charge in [-0.2, -0.15) is 4.98 Å². The van der Waals surface area contributed by atoms with Crippen LogP contribution < -0.4 is 4.90 Å². The van der Waals surface area contributed by atoms with Gasteiger partial charge in [0.15, 0.2) is 0 Å². The Morgan fingerprint density at radius 2 is 1.85 bits per heavy atom. The van der Waals surface area contributed by atoms with Gasteiger partial charge < -0.3 is 4.90 Å². The summed E-state index contributed by atoms with van der Waals surface area (Å²) in [5.74, 6) is 0.790. The normalized spacial score (nSPS) is 10.8. The van der Waals surface area contributed by atoms with Gasteiger partial charge in [-0.3, -0.25) is 0 Å². The van der Waals surface area contributed by atoms with E-state index in [2.05, 4.69) is 25.9 Å². The Morgan fingerprint density at radius 1 is 1.05 bits per heavy atom. The van der Waals surface area contributed by atoms with Crippen LogP contribution in [0.15, 0.2) is 53.0 Å². The van der Waals surface area contributed by atoms with Crippen molar-refractivity contribution in [3.63, 3.8) is 0 Å². The highest BCUT2D eigenvalue weighted by Gasteiger charge is 2.12. The molecule has 3 nitrogen and oxygen atoms in total. The van der Waals surface area contributed by atoms with Crippen molar-refractivity contribution in [3.05, 3.63) is 58.3 Å². The topological polar surface area (TPSA) is 29.0 Å². The van der Waals surface area contributed by atoms with E-state index >= 15 is 0 Å². The molecule has 0 aliphatic carbocycles. The molecule has 0 N–H and O–H groups in total. The minimum Gasteiger partial charge on any atom is -0.329 e. The minimum atomic E-state index is 0.251. The van der Waals surface area contributed by atoms with Crippen LogP contribution in [0.3, 0.4) is 0 Å². The van der Waals surface area contributed by atoms with E-state index in [9.17, 15) is 0 Å². The van der Waals surface area contributed by atoms with Gasteiger partial charge >= 0.3 is 0 Å². The van der Waals surface area contributed by atoms with E-state index in [1.165, 1.54) is 0 Å². The summed E-state index contributed by atoms with van der Waals surface area (Å²) in [6.45, 7) is 0. The van der Waals surface area contributed by atoms with Crippen LogP contribution in [-0.4, -0.2) is 17.0 Å². The summed E-state index contributed by atoms with van der Waals surface area (Å²) in [7, 11) is 1.97. The molecule has 20 heavy (non-hydrogen) atoms. The molecule has 0 atom stereocenters. The zero-order valence-electron chi connectivity index (χ0n) is 10.7. The van der Waals surface area contributed by atoms with Gasteiger partial charge in [-0.15, -0.1) is 0 Å². The molecule has 3 rings (SSSR count). The van der Waals surface area contributed by atoms with Crippen LogP contribution in [0.5, 0.6) is 0 Å². The Balaban J connectivity index is 2.18. The second kappa shape index (κ2) is 5.38. The Kier molecular flexibility index (Phi) is 3.59. The Labute approximate surface area is 130 Å². The lowest BCUT2D eigenvalue weighted by molar-refractivity contribution is 1.11. The van der Waals surface area contributed by atoms with Crippen LogP contribution in [-0.2, 0) is 0 Å². The number of rotatable bonds is 2. The molecule has 0 fully saturated rings. The van der Waals surface area contributed by atoms with E-state index < -0.39 is 0 Å². The summed E-state index contributed by atoms with van der Waals surface area (Å²) in [6, 6.07) is 15.9. The van der Waals surface area contributed by atoms with Crippen molar-refractivity contribution in [2.75, 3.05) is 11.9 Å². The van der Waals surface area contributed by atoms with Gasteiger partial charge in [-0.25, -0.2) is 4.98 Å².